The molecule has 1 aliphatic heterocycles. The third kappa shape index (κ3) is 4.34. The van der Waals surface area contributed by atoms with E-state index in [9.17, 15) is 13.2 Å². The van der Waals surface area contributed by atoms with Gasteiger partial charge in [0.05, 0.1) is 4.90 Å². The summed E-state index contributed by atoms with van der Waals surface area (Å²) in [5.74, 6) is -0.296. The van der Waals surface area contributed by atoms with Crippen molar-refractivity contribution < 1.29 is 13.2 Å². The molecule has 0 spiro atoms. The van der Waals surface area contributed by atoms with Gasteiger partial charge in [0.1, 0.15) is 0 Å². The first kappa shape index (κ1) is 19.9. The van der Waals surface area contributed by atoms with Gasteiger partial charge in [-0.2, -0.15) is 4.31 Å². The smallest absolute Gasteiger partial charge is 0.255 e. The second kappa shape index (κ2) is 8.00. The zero-order chi connectivity index (χ0) is 19.6. The molecule has 7 heteroatoms. The highest BCUT2D eigenvalue weighted by molar-refractivity contribution is 7.89. The van der Waals surface area contributed by atoms with Crippen molar-refractivity contribution in [3.05, 3.63) is 58.6 Å². The lowest BCUT2D eigenvalue weighted by molar-refractivity contribution is 0.102. The summed E-state index contributed by atoms with van der Waals surface area (Å²) >= 11 is 5.93. The maximum atomic E-state index is 12.9. The van der Waals surface area contributed by atoms with Crippen LogP contribution >= 0.6 is 11.6 Å². The molecule has 1 amide bonds. The van der Waals surface area contributed by atoms with Gasteiger partial charge in [-0.05, 0) is 74.7 Å². The summed E-state index contributed by atoms with van der Waals surface area (Å²) in [6.45, 7) is 4.34. The second-order valence-electron chi connectivity index (χ2n) is 6.90. The van der Waals surface area contributed by atoms with Crippen molar-refractivity contribution in [2.45, 2.75) is 44.0 Å². The minimum absolute atomic E-state index is 0.000366. The largest absolute Gasteiger partial charge is 0.322 e. The number of aryl methyl sites for hydroxylation is 1. The maximum Gasteiger partial charge on any atom is 0.255 e. The molecule has 0 radical (unpaired) electrons. The molecule has 2 aromatic rings. The van der Waals surface area contributed by atoms with Crippen molar-refractivity contribution in [3.8, 4) is 0 Å². The van der Waals surface area contributed by atoms with Crippen LogP contribution in [0.25, 0.3) is 0 Å². The fourth-order valence-corrected chi connectivity index (χ4v) is 5.23. The van der Waals surface area contributed by atoms with Crippen LogP contribution in [-0.4, -0.2) is 31.2 Å². The van der Waals surface area contributed by atoms with Crippen molar-refractivity contribution in [1.82, 2.24) is 4.31 Å². The number of sulfonamides is 1. The van der Waals surface area contributed by atoms with Crippen molar-refractivity contribution in [3.63, 3.8) is 0 Å². The Morgan fingerprint density at radius 2 is 1.85 bits per heavy atom. The Balaban J connectivity index is 1.77. The van der Waals surface area contributed by atoms with Gasteiger partial charge in [-0.1, -0.05) is 18.0 Å². The van der Waals surface area contributed by atoms with Gasteiger partial charge in [-0.25, -0.2) is 8.42 Å². The average molecular weight is 407 g/mol. The molecule has 1 heterocycles. The second-order valence-corrected chi connectivity index (χ2v) is 9.23. The average Bonchev–Trinajstić information content (AvgIpc) is 2.64. The molecule has 3 rings (SSSR count). The van der Waals surface area contributed by atoms with Gasteiger partial charge in [-0.15, -0.1) is 0 Å². The topological polar surface area (TPSA) is 66.5 Å². The fraction of sp³-hybridized carbons (Fsp3) is 0.350. The van der Waals surface area contributed by atoms with Crippen LogP contribution in [-0.2, 0) is 10.0 Å². The number of nitrogens with one attached hydrogen (secondary N) is 1. The van der Waals surface area contributed by atoms with E-state index in [1.54, 1.807) is 34.6 Å². The summed E-state index contributed by atoms with van der Waals surface area (Å²) in [7, 11) is -3.54. The number of nitrogens with zero attached hydrogens (tertiary/aromatic N) is 1. The van der Waals surface area contributed by atoms with Crippen molar-refractivity contribution in [1.29, 1.82) is 0 Å². The third-order valence-corrected chi connectivity index (χ3v) is 7.16. The molecule has 1 N–H and O–H groups in total. The minimum atomic E-state index is -3.54. The number of piperidine rings is 1. The molecule has 0 aromatic heterocycles. The fourth-order valence-electron chi connectivity index (χ4n) is 3.30. The van der Waals surface area contributed by atoms with E-state index < -0.39 is 10.0 Å². The predicted octanol–water partition coefficient (Wildman–Crippen LogP) is 4.46. The first-order valence-corrected chi connectivity index (χ1v) is 10.8. The van der Waals surface area contributed by atoms with Crippen LogP contribution in [0.2, 0.25) is 5.02 Å². The Labute approximate surface area is 165 Å². The number of hydrogen-bond donors (Lipinski definition) is 1. The summed E-state index contributed by atoms with van der Waals surface area (Å²) in [6.07, 6.45) is 2.81. The molecule has 0 bridgehead atoms. The molecule has 0 unspecified atom stereocenters. The number of carbonyl (C=O) groups excluding carboxylic acids is 1. The molecular formula is C20H23ClN2O3S. The molecule has 1 atom stereocenters. The van der Waals surface area contributed by atoms with E-state index in [0.717, 1.165) is 24.8 Å². The molecule has 1 fully saturated rings. The van der Waals surface area contributed by atoms with Crippen molar-refractivity contribution in [2.24, 2.45) is 0 Å². The minimum Gasteiger partial charge on any atom is -0.322 e. The zero-order valence-corrected chi connectivity index (χ0v) is 17.0. The van der Waals surface area contributed by atoms with Crippen molar-refractivity contribution >= 4 is 33.2 Å². The Kier molecular flexibility index (Phi) is 5.89. The van der Waals surface area contributed by atoms with E-state index in [4.69, 9.17) is 11.6 Å². The van der Waals surface area contributed by atoms with Crippen LogP contribution in [0.5, 0.6) is 0 Å². The molecular weight excluding hydrogens is 384 g/mol. The third-order valence-electron chi connectivity index (χ3n) is 4.90. The van der Waals surface area contributed by atoms with Gasteiger partial charge in [0, 0.05) is 28.9 Å². The number of benzene rings is 2. The van der Waals surface area contributed by atoms with E-state index in [0.29, 0.717) is 22.8 Å². The quantitative estimate of drug-likeness (QED) is 0.814. The van der Waals surface area contributed by atoms with E-state index in [2.05, 4.69) is 5.32 Å². The Morgan fingerprint density at radius 3 is 2.48 bits per heavy atom. The Hall–Kier alpha value is -1.89. The van der Waals surface area contributed by atoms with Crippen LogP contribution in [0.4, 0.5) is 5.69 Å². The van der Waals surface area contributed by atoms with E-state index in [1.807, 2.05) is 13.8 Å². The molecule has 5 nitrogen and oxygen atoms in total. The predicted molar refractivity (Wildman–Crippen MR) is 108 cm³/mol. The van der Waals surface area contributed by atoms with Crippen LogP contribution in [0.15, 0.2) is 47.4 Å². The standard InChI is InChI=1S/C20H23ClN2O3S/c1-14-13-17(21)8-11-19(14)22-20(24)16-6-9-18(10-7-16)27(25,26)23-12-4-3-5-15(23)2/h6-11,13,15H,3-5,12H2,1-2H3,(H,22,24)/t15-/m0/s1. The lowest BCUT2D eigenvalue weighted by Gasteiger charge is -2.32. The van der Waals surface area contributed by atoms with Crippen LogP contribution in [0.3, 0.4) is 0 Å². The maximum absolute atomic E-state index is 12.9. The summed E-state index contributed by atoms with van der Waals surface area (Å²) in [6, 6.07) is 11.3. The molecule has 0 aliphatic carbocycles. The number of amides is 1. The lowest BCUT2D eigenvalue weighted by Crippen LogP contribution is -2.41. The van der Waals surface area contributed by atoms with Gasteiger partial charge < -0.3 is 5.32 Å². The van der Waals surface area contributed by atoms with Gasteiger partial charge in [0.2, 0.25) is 10.0 Å². The highest BCUT2D eigenvalue weighted by atomic mass is 35.5. The summed E-state index contributed by atoms with van der Waals surface area (Å²) in [4.78, 5) is 12.7. The molecule has 0 saturated carbocycles. The van der Waals surface area contributed by atoms with Crippen LogP contribution in [0, 0.1) is 6.92 Å². The molecule has 2 aromatic carbocycles. The summed E-state index contributed by atoms with van der Waals surface area (Å²) in [5.41, 5.74) is 1.92. The number of hydrogen-bond acceptors (Lipinski definition) is 3. The van der Waals surface area contributed by atoms with E-state index in [1.165, 1.54) is 12.1 Å². The lowest BCUT2D eigenvalue weighted by atomic mass is 10.1. The first-order valence-electron chi connectivity index (χ1n) is 8.98. The van der Waals surface area contributed by atoms with Gasteiger partial charge >= 0.3 is 0 Å². The number of halogens is 1. The molecule has 1 saturated heterocycles. The first-order chi connectivity index (χ1) is 12.8. The number of carbonyl (C=O) groups is 1. The summed E-state index contributed by atoms with van der Waals surface area (Å²) < 4.78 is 27.3. The van der Waals surface area contributed by atoms with Gasteiger partial charge in [-0.3, -0.25) is 4.79 Å². The SMILES string of the molecule is Cc1cc(Cl)ccc1NC(=O)c1ccc(S(=O)(=O)N2CCCC[C@@H]2C)cc1. The van der Waals surface area contributed by atoms with Crippen LogP contribution in [0.1, 0.15) is 42.1 Å². The zero-order valence-electron chi connectivity index (χ0n) is 15.4. The molecule has 27 heavy (non-hydrogen) atoms. The molecule has 144 valence electrons. The Morgan fingerprint density at radius 1 is 1.15 bits per heavy atom. The molecule has 1 aliphatic rings. The highest BCUT2D eigenvalue weighted by Gasteiger charge is 2.30. The van der Waals surface area contributed by atoms with Crippen molar-refractivity contribution in [2.75, 3.05) is 11.9 Å². The number of rotatable bonds is 4. The van der Waals surface area contributed by atoms with E-state index >= 15 is 0 Å². The van der Waals surface area contributed by atoms with E-state index in [-0.39, 0.29) is 16.8 Å². The highest BCUT2D eigenvalue weighted by Crippen LogP contribution is 2.25. The monoisotopic (exact) mass is 406 g/mol. The summed E-state index contributed by atoms with van der Waals surface area (Å²) in [5, 5.41) is 3.43. The van der Waals surface area contributed by atoms with Crippen LogP contribution < -0.4 is 5.32 Å². The number of anilines is 1. The van der Waals surface area contributed by atoms with Gasteiger partial charge in [0.15, 0.2) is 0 Å². The Bertz CT molecular complexity index is 942. The van der Waals surface area contributed by atoms with Gasteiger partial charge in [0.25, 0.3) is 5.91 Å². The normalized spacial score (nSPS) is 18.3.